The summed E-state index contributed by atoms with van der Waals surface area (Å²) in [6, 6.07) is 6.85. The molecule has 3 N–H and O–H groups in total. The maximum Gasteiger partial charge on any atom is 0.313 e. The second kappa shape index (κ2) is 7.77. The molecule has 0 spiro atoms. The molecule has 1 heterocycles. The van der Waals surface area contributed by atoms with Crippen LogP contribution in [0.4, 0.5) is 5.69 Å². The van der Waals surface area contributed by atoms with Crippen LogP contribution in [0.1, 0.15) is 0 Å². The fourth-order valence-corrected chi connectivity index (χ4v) is 2.36. The van der Waals surface area contributed by atoms with Gasteiger partial charge in [0.05, 0.1) is 7.11 Å². The highest BCUT2D eigenvalue weighted by molar-refractivity contribution is 6.39. The molecule has 1 fully saturated rings. The number of ether oxygens (including phenoxy) is 1. The first-order valence-corrected chi connectivity index (χ1v) is 7.30. The predicted molar refractivity (Wildman–Crippen MR) is 83.7 cm³/mol. The number of carbonyl (C=O) groups excluding carboxylic acids is 2. The Balaban J connectivity index is 1.85. The normalized spacial score (nSPS) is 15.5. The number of hydrogen-bond acceptors (Lipinski definition) is 5. The topological polar surface area (TPSA) is 87.9 Å². The van der Waals surface area contributed by atoms with Gasteiger partial charge in [0.1, 0.15) is 5.75 Å². The number of amides is 2. The monoisotopic (exact) mass is 306 g/mol. The number of nitrogens with zero attached hydrogens (tertiary/aromatic N) is 2. The maximum absolute atomic E-state index is 12.1. The van der Waals surface area contributed by atoms with E-state index in [1.54, 1.807) is 36.3 Å². The van der Waals surface area contributed by atoms with Crippen LogP contribution < -0.4 is 15.8 Å². The molecule has 7 nitrogen and oxygen atoms in total. The molecule has 1 aliphatic rings. The molecule has 1 aromatic rings. The molecule has 120 valence electrons. The van der Waals surface area contributed by atoms with Gasteiger partial charge in [-0.15, -0.1) is 0 Å². The van der Waals surface area contributed by atoms with Crippen LogP contribution in [0.2, 0.25) is 0 Å². The van der Waals surface area contributed by atoms with Gasteiger partial charge >= 0.3 is 11.8 Å². The van der Waals surface area contributed by atoms with E-state index in [1.165, 1.54) is 0 Å². The molecule has 0 aliphatic carbocycles. The van der Waals surface area contributed by atoms with Gasteiger partial charge in [-0.05, 0) is 24.3 Å². The summed E-state index contributed by atoms with van der Waals surface area (Å²) >= 11 is 0. The molecule has 0 saturated carbocycles. The minimum Gasteiger partial charge on any atom is -0.497 e. The van der Waals surface area contributed by atoms with E-state index in [2.05, 4.69) is 10.2 Å². The van der Waals surface area contributed by atoms with Crippen LogP contribution in [0.15, 0.2) is 24.3 Å². The molecule has 1 aliphatic heterocycles. The average molecular weight is 306 g/mol. The fourth-order valence-electron chi connectivity index (χ4n) is 2.36. The van der Waals surface area contributed by atoms with Gasteiger partial charge in [0, 0.05) is 45.0 Å². The molecular weight excluding hydrogens is 284 g/mol. The lowest BCUT2D eigenvalue weighted by Gasteiger charge is -2.34. The molecule has 7 heteroatoms. The van der Waals surface area contributed by atoms with Gasteiger partial charge in [0.15, 0.2) is 0 Å². The van der Waals surface area contributed by atoms with Crippen molar-refractivity contribution >= 4 is 17.5 Å². The lowest BCUT2D eigenvalue weighted by molar-refractivity contribution is -0.144. The number of anilines is 1. The molecule has 0 radical (unpaired) electrons. The second-order valence-electron chi connectivity index (χ2n) is 5.11. The third-order valence-corrected chi connectivity index (χ3v) is 3.65. The Kier molecular flexibility index (Phi) is 5.74. The molecule has 0 bridgehead atoms. The number of benzene rings is 1. The summed E-state index contributed by atoms with van der Waals surface area (Å²) in [7, 11) is 1.57. The first-order valence-electron chi connectivity index (χ1n) is 7.30. The van der Waals surface area contributed by atoms with Crippen LogP contribution in [0.5, 0.6) is 5.75 Å². The van der Waals surface area contributed by atoms with E-state index < -0.39 is 11.8 Å². The van der Waals surface area contributed by atoms with Crippen molar-refractivity contribution in [1.82, 2.24) is 9.80 Å². The average Bonchev–Trinajstić information content (AvgIpc) is 2.56. The van der Waals surface area contributed by atoms with Crippen LogP contribution in [-0.2, 0) is 9.59 Å². The summed E-state index contributed by atoms with van der Waals surface area (Å²) in [6.07, 6.45) is 0. The van der Waals surface area contributed by atoms with Crippen molar-refractivity contribution in [3.8, 4) is 5.75 Å². The summed E-state index contributed by atoms with van der Waals surface area (Å²) < 4.78 is 5.05. The Hall–Kier alpha value is -2.12. The van der Waals surface area contributed by atoms with Crippen molar-refractivity contribution < 1.29 is 14.3 Å². The molecule has 0 aromatic heterocycles. The van der Waals surface area contributed by atoms with Crippen LogP contribution in [0, 0.1) is 0 Å². The zero-order valence-electron chi connectivity index (χ0n) is 12.7. The van der Waals surface area contributed by atoms with E-state index in [1.807, 2.05) is 0 Å². The van der Waals surface area contributed by atoms with E-state index in [4.69, 9.17) is 10.5 Å². The highest BCUT2D eigenvalue weighted by Crippen LogP contribution is 2.15. The summed E-state index contributed by atoms with van der Waals surface area (Å²) in [5.74, 6) is -0.416. The Morgan fingerprint density at radius 2 is 1.82 bits per heavy atom. The van der Waals surface area contributed by atoms with Crippen LogP contribution in [-0.4, -0.2) is 68.0 Å². The van der Waals surface area contributed by atoms with Crippen LogP contribution in [0.3, 0.4) is 0 Å². The predicted octanol–water partition coefficient (Wildman–Crippen LogP) is -0.263. The van der Waals surface area contributed by atoms with E-state index in [-0.39, 0.29) is 0 Å². The lowest BCUT2D eigenvalue weighted by Crippen LogP contribution is -2.52. The Morgan fingerprint density at radius 1 is 1.18 bits per heavy atom. The number of hydrogen-bond donors (Lipinski definition) is 2. The van der Waals surface area contributed by atoms with E-state index in [0.29, 0.717) is 31.1 Å². The van der Waals surface area contributed by atoms with Gasteiger partial charge in [-0.3, -0.25) is 14.5 Å². The Bertz CT molecular complexity index is 510. The fraction of sp³-hybridized carbons (Fsp3) is 0.467. The molecule has 0 unspecified atom stereocenters. The standard InChI is InChI=1S/C15H22N4O3/c1-22-13-4-2-12(3-5-13)17-14(20)15(21)19-10-8-18(7-6-16)9-11-19/h2-5H,6-11,16H2,1H3,(H,17,20). The number of methoxy groups -OCH3 is 1. The van der Waals surface area contributed by atoms with Gasteiger partial charge in [0.2, 0.25) is 0 Å². The van der Waals surface area contributed by atoms with Gasteiger partial charge in [-0.2, -0.15) is 0 Å². The van der Waals surface area contributed by atoms with Gasteiger partial charge < -0.3 is 20.7 Å². The van der Waals surface area contributed by atoms with E-state index in [9.17, 15) is 9.59 Å². The van der Waals surface area contributed by atoms with Gasteiger partial charge in [0.25, 0.3) is 0 Å². The number of nitrogens with two attached hydrogens (primary N) is 1. The van der Waals surface area contributed by atoms with Gasteiger partial charge in [-0.25, -0.2) is 0 Å². The summed E-state index contributed by atoms with van der Waals surface area (Å²) in [5, 5.41) is 2.61. The highest BCUT2D eigenvalue weighted by atomic mass is 16.5. The van der Waals surface area contributed by atoms with Crippen molar-refractivity contribution in [3.63, 3.8) is 0 Å². The number of nitrogens with one attached hydrogen (secondary N) is 1. The maximum atomic E-state index is 12.1. The minimum atomic E-state index is -0.613. The zero-order valence-corrected chi connectivity index (χ0v) is 12.7. The molecule has 22 heavy (non-hydrogen) atoms. The van der Waals surface area contributed by atoms with Crippen LogP contribution in [0.25, 0.3) is 0 Å². The van der Waals surface area contributed by atoms with Crippen molar-refractivity contribution in [2.75, 3.05) is 51.7 Å². The largest absolute Gasteiger partial charge is 0.497 e. The Labute approximate surface area is 130 Å². The van der Waals surface area contributed by atoms with Crippen molar-refractivity contribution in [1.29, 1.82) is 0 Å². The first-order chi connectivity index (χ1) is 10.6. The number of carbonyl (C=O) groups is 2. The summed E-state index contributed by atoms with van der Waals surface area (Å²) in [5.41, 5.74) is 6.08. The number of piperazine rings is 1. The van der Waals surface area contributed by atoms with Crippen LogP contribution >= 0.6 is 0 Å². The molecular formula is C15H22N4O3. The van der Waals surface area contributed by atoms with E-state index in [0.717, 1.165) is 19.6 Å². The highest BCUT2D eigenvalue weighted by Gasteiger charge is 2.25. The van der Waals surface area contributed by atoms with Crippen molar-refractivity contribution in [2.24, 2.45) is 5.73 Å². The first kappa shape index (κ1) is 16.3. The summed E-state index contributed by atoms with van der Waals surface area (Å²) in [4.78, 5) is 27.9. The lowest BCUT2D eigenvalue weighted by atomic mass is 10.2. The molecule has 2 rings (SSSR count). The smallest absolute Gasteiger partial charge is 0.313 e. The molecule has 1 aromatic carbocycles. The zero-order chi connectivity index (χ0) is 15.9. The quantitative estimate of drug-likeness (QED) is 0.748. The van der Waals surface area contributed by atoms with Crippen molar-refractivity contribution in [3.05, 3.63) is 24.3 Å². The molecule has 2 amide bonds. The SMILES string of the molecule is COc1ccc(NC(=O)C(=O)N2CCN(CCN)CC2)cc1. The molecule has 1 saturated heterocycles. The van der Waals surface area contributed by atoms with Gasteiger partial charge in [-0.1, -0.05) is 0 Å². The molecule has 0 atom stereocenters. The van der Waals surface area contributed by atoms with E-state index >= 15 is 0 Å². The number of rotatable bonds is 4. The van der Waals surface area contributed by atoms with Crippen molar-refractivity contribution in [2.45, 2.75) is 0 Å². The summed E-state index contributed by atoms with van der Waals surface area (Å²) in [6.45, 7) is 4.02. The third kappa shape index (κ3) is 4.19. The Morgan fingerprint density at radius 3 is 2.36 bits per heavy atom. The minimum absolute atomic E-state index is 0.497. The second-order valence-corrected chi connectivity index (χ2v) is 5.11. The third-order valence-electron chi connectivity index (χ3n) is 3.65.